The maximum Gasteiger partial charge on any atom is 0.389 e. The monoisotopic (exact) mass is 232 g/mol. The SMILES string of the molecule is COC(=O)c1ccc(CCC(F)(F)F)cc1. The van der Waals surface area contributed by atoms with Gasteiger partial charge < -0.3 is 4.74 Å². The van der Waals surface area contributed by atoms with Crippen LogP contribution in [0.3, 0.4) is 0 Å². The zero-order valence-electron chi connectivity index (χ0n) is 8.67. The van der Waals surface area contributed by atoms with Crippen LogP contribution in [0.5, 0.6) is 0 Å². The van der Waals surface area contributed by atoms with Crippen molar-refractivity contribution in [2.45, 2.75) is 19.0 Å². The summed E-state index contributed by atoms with van der Waals surface area (Å²) in [5.41, 5.74) is 0.878. The van der Waals surface area contributed by atoms with Crippen molar-refractivity contribution < 1.29 is 22.7 Å². The van der Waals surface area contributed by atoms with Gasteiger partial charge in [0.15, 0.2) is 0 Å². The van der Waals surface area contributed by atoms with Crippen molar-refractivity contribution >= 4 is 5.97 Å². The van der Waals surface area contributed by atoms with E-state index in [1.54, 1.807) is 0 Å². The number of benzene rings is 1. The number of alkyl halides is 3. The van der Waals surface area contributed by atoms with Crippen molar-refractivity contribution in [2.75, 3.05) is 7.11 Å². The van der Waals surface area contributed by atoms with Crippen LogP contribution in [-0.2, 0) is 11.2 Å². The van der Waals surface area contributed by atoms with Crippen molar-refractivity contribution in [3.63, 3.8) is 0 Å². The van der Waals surface area contributed by atoms with Crippen molar-refractivity contribution in [2.24, 2.45) is 0 Å². The summed E-state index contributed by atoms with van der Waals surface area (Å²) < 4.78 is 40.3. The van der Waals surface area contributed by atoms with E-state index < -0.39 is 18.6 Å². The Bertz CT molecular complexity index is 354. The molecule has 5 heteroatoms. The van der Waals surface area contributed by atoms with Crippen LogP contribution in [0.1, 0.15) is 22.3 Å². The highest BCUT2D eigenvalue weighted by molar-refractivity contribution is 5.89. The van der Waals surface area contributed by atoms with E-state index in [-0.39, 0.29) is 6.42 Å². The lowest BCUT2D eigenvalue weighted by Gasteiger charge is -2.06. The standard InChI is InChI=1S/C11H11F3O2/c1-16-10(15)9-4-2-8(3-5-9)6-7-11(12,13)14/h2-5H,6-7H2,1H3. The molecule has 0 fully saturated rings. The number of esters is 1. The molecule has 0 saturated heterocycles. The lowest BCUT2D eigenvalue weighted by atomic mass is 10.1. The van der Waals surface area contributed by atoms with Gasteiger partial charge in [0.2, 0.25) is 0 Å². The maximum atomic E-state index is 11.9. The minimum atomic E-state index is -4.15. The normalized spacial score (nSPS) is 11.2. The van der Waals surface area contributed by atoms with Crippen molar-refractivity contribution in [3.8, 4) is 0 Å². The third-order valence-electron chi connectivity index (χ3n) is 2.07. The lowest BCUT2D eigenvalue weighted by Crippen LogP contribution is -2.08. The van der Waals surface area contributed by atoms with Crippen LogP contribution in [0.25, 0.3) is 0 Å². The number of hydrogen-bond donors (Lipinski definition) is 0. The Morgan fingerprint density at radius 2 is 1.81 bits per heavy atom. The molecule has 2 nitrogen and oxygen atoms in total. The summed E-state index contributed by atoms with van der Waals surface area (Å²) in [6.45, 7) is 0. The van der Waals surface area contributed by atoms with Gasteiger partial charge in [-0.05, 0) is 24.1 Å². The van der Waals surface area contributed by atoms with E-state index in [9.17, 15) is 18.0 Å². The van der Waals surface area contributed by atoms with E-state index >= 15 is 0 Å². The third-order valence-corrected chi connectivity index (χ3v) is 2.07. The summed E-state index contributed by atoms with van der Waals surface area (Å²) in [7, 11) is 1.25. The summed E-state index contributed by atoms with van der Waals surface area (Å²) in [4.78, 5) is 11.0. The number of carbonyl (C=O) groups excluding carboxylic acids is 1. The second-order valence-electron chi connectivity index (χ2n) is 3.30. The van der Waals surface area contributed by atoms with Crippen LogP contribution in [0.4, 0.5) is 13.2 Å². The average Bonchev–Trinajstić information content (AvgIpc) is 2.25. The van der Waals surface area contributed by atoms with E-state index in [2.05, 4.69) is 4.74 Å². The first-order valence-corrected chi connectivity index (χ1v) is 4.66. The van der Waals surface area contributed by atoms with E-state index in [1.165, 1.54) is 31.4 Å². The molecule has 0 unspecified atom stereocenters. The molecule has 1 aromatic rings. The van der Waals surface area contributed by atoms with Crippen molar-refractivity contribution in [1.29, 1.82) is 0 Å². The molecule has 0 spiro atoms. The molecule has 0 saturated carbocycles. The Balaban J connectivity index is 2.62. The highest BCUT2D eigenvalue weighted by Gasteiger charge is 2.26. The summed E-state index contributed by atoms with van der Waals surface area (Å²) in [6, 6.07) is 5.91. The summed E-state index contributed by atoms with van der Waals surface area (Å²) in [5.74, 6) is -0.498. The molecule has 0 atom stereocenters. The molecule has 0 aliphatic carbocycles. The quantitative estimate of drug-likeness (QED) is 0.749. The lowest BCUT2D eigenvalue weighted by molar-refractivity contribution is -0.134. The molecular formula is C11H11F3O2. The molecule has 0 bridgehead atoms. The molecule has 0 aliphatic rings. The second kappa shape index (κ2) is 5.01. The number of carbonyl (C=O) groups is 1. The zero-order valence-corrected chi connectivity index (χ0v) is 8.67. The van der Waals surface area contributed by atoms with E-state index in [0.717, 1.165) is 0 Å². The second-order valence-corrected chi connectivity index (χ2v) is 3.30. The number of rotatable bonds is 3. The molecule has 88 valence electrons. The first-order valence-electron chi connectivity index (χ1n) is 4.66. The van der Waals surface area contributed by atoms with Gasteiger partial charge in [0.25, 0.3) is 0 Å². The van der Waals surface area contributed by atoms with Gasteiger partial charge in [-0.3, -0.25) is 0 Å². The molecule has 1 rings (SSSR count). The zero-order chi connectivity index (χ0) is 12.2. The molecule has 0 heterocycles. The van der Waals surface area contributed by atoms with Gasteiger partial charge in [-0.2, -0.15) is 13.2 Å². The Morgan fingerprint density at radius 1 is 1.25 bits per heavy atom. The van der Waals surface area contributed by atoms with Crippen LogP contribution in [0.2, 0.25) is 0 Å². The van der Waals surface area contributed by atoms with Crippen LogP contribution in [0.15, 0.2) is 24.3 Å². The molecular weight excluding hydrogens is 221 g/mol. The Morgan fingerprint density at radius 3 is 2.25 bits per heavy atom. The fourth-order valence-electron chi connectivity index (χ4n) is 1.21. The Kier molecular flexibility index (Phi) is 3.93. The summed E-state index contributed by atoms with van der Waals surface area (Å²) in [6.07, 6.45) is -5.09. The topological polar surface area (TPSA) is 26.3 Å². The summed E-state index contributed by atoms with van der Waals surface area (Å²) in [5, 5.41) is 0. The van der Waals surface area contributed by atoms with Gasteiger partial charge in [0.05, 0.1) is 12.7 Å². The van der Waals surface area contributed by atoms with Gasteiger partial charge in [-0.25, -0.2) is 4.79 Å². The fraction of sp³-hybridized carbons (Fsp3) is 0.364. The van der Waals surface area contributed by atoms with E-state index in [4.69, 9.17) is 0 Å². The largest absolute Gasteiger partial charge is 0.465 e. The molecule has 16 heavy (non-hydrogen) atoms. The van der Waals surface area contributed by atoms with Crippen LogP contribution >= 0.6 is 0 Å². The van der Waals surface area contributed by atoms with Gasteiger partial charge in [-0.1, -0.05) is 12.1 Å². The van der Waals surface area contributed by atoms with Crippen molar-refractivity contribution in [1.82, 2.24) is 0 Å². The smallest absolute Gasteiger partial charge is 0.389 e. The minimum Gasteiger partial charge on any atom is -0.465 e. The number of hydrogen-bond acceptors (Lipinski definition) is 2. The fourth-order valence-corrected chi connectivity index (χ4v) is 1.21. The van der Waals surface area contributed by atoms with E-state index in [1.807, 2.05) is 0 Å². The Labute approximate surface area is 91.0 Å². The first-order chi connectivity index (χ1) is 7.42. The van der Waals surface area contributed by atoms with Crippen LogP contribution in [0, 0.1) is 0 Å². The van der Waals surface area contributed by atoms with Crippen LogP contribution < -0.4 is 0 Å². The van der Waals surface area contributed by atoms with Gasteiger partial charge in [-0.15, -0.1) is 0 Å². The highest BCUT2D eigenvalue weighted by atomic mass is 19.4. The number of methoxy groups -OCH3 is 1. The number of aryl methyl sites for hydroxylation is 1. The summed E-state index contributed by atoms with van der Waals surface area (Å²) >= 11 is 0. The van der Waals surface area contributed by atoms with E-state index in [0.29, 0.717) is 11.1 Å². The molecule has 0 radical (unpaired) electrons. The Hall–Kier alpha value is -1.52. The first kappa shape index (κ1) is 12.5. The molecule has 0 aliphatic heterocycles. The van der Waals surface area contributed by atoms with Gasteiger partial charge in [0, 0.05) is 6.42 Å². The maximum absolute atomic E-state index is 11.9. The minimum absolute atomic E-state index is 0.0784. The third kappa shape index (κ3) is 3.92. The molecule has 0 amide bonds. The number of halogens is 3. The average molecular weight is 232 g/mol. The van der Waals surface area contributed by atoms with Gasteiger partial charge >= 0.3 is 12.1 Å². The van der Waals surface area contributed by atoms with Crippen LogP contribution in [-0.4, -0.2) is 19.3 Å². The predicted octanol–water partition coefficient (Wildman–Crippen LogP) is 2.97. The van der Waals surface area contributed by atoms with Gasteiger partial charge in [0.1, 0.15) is 0 Å². The predicted molar refractivity (Wildman–Crippen MR) is 52.2 cm³/mol. The highest BCUT2D eigenvalue weighted by Crippen LogP contribution is 2.22. The number of ether oxygens (including phenoxy) is 1. The molecule has 0 aromatic heterocycles. The van der Waals surface area contributed by atoms with Crippen molar-refractivity contribution in [3.05, 3.63) is 35.4 Å². The molecule has 0 N–H and O–H groups in total. The molecule has 1 aromatic carbocycles.